The van der Waals surface area contributed by atoms with Crippen molar-refractivity contribution in [3.63, 3.8) is 0 Å². The van der Waals surface area contributed by atoms with Gasteiger partial charge in [-0.1, -0.05) is 114 Å². The van der Waals surface area contributed by atoms with E-state index in [0.717, 1.165) is 36.8 Å². The van der Waals surface area contributed by atoms with Gasteiger partial charge in [0.1, 0.15) is 6.61 Å². The zero-order chi connectivity index (χ0) is 40.3. The number of esters is 2. The third-order valence-corrected chi connectivity index (χ3v) is 16.3. The molecule has 0 amide bonds. The van der Waals surface area contributed by atoms with Crippen LogP contribution in [0.2, 0.25) is 0 Å². The summed E-state index contributed by atoms with van der Waals surface area (Å²) in [5.41, 5.74) is -0.489. The van der Waals surface area contributed by atoms with Gasteiger partial charge in [-0.15, -0.1) is 0 Å². The lowest BCUT2D eigenvalue weighted by Gasteiger charge is -2.72. The third-order valence-electron chi connectivity index (χ3n) is 16.3. The van der Waals surface area contributed by atoms with Crippen LogP contribution in [-0.2, 0) is 19.1 Å². The molecule has 0 radical (unpaired) electrons. The Morgan fingerprint density at radius 1 is 0.696 bits per heavy atom. The molecule has 12 atom stereocenters. The number of carbonyl (C=O) groups excluding carboxylic acids is 2. The normalized spacial score (nSPS) is 41.5. The van der Waals surface area contributed by atoms with E-state index in [0.29, 0.717) is 19.3 Å². The quantitative estimate of drug-likeness (QED) is 0.123. The smallest absolute Gasteiger partial charge is 0.330 e. The highest BCUT2D eigenvalue weighted by Crippen LogP contribution is 2.75. The lowest BCUT2D eigenvalue weighted by molar-refractivity contribution is -0.260. The highest BCUT2D eigenvalue weighted by atomic mass is 16.5. The largest absolute Gasteiger partial charge is 0.462 e. The van der Waals surface area contributed by atoms with Crippen molar-refractivity contribution in [2.24, 2.45) is 50.2 Å². The first-order valence-corrected chi connectivity index (χ1v) is 20.6. The summed E-state index contributed by atoms with van der Waals surface area (Å²) in [6.07, 6.45) is 9.35. The van der Waals surface area contributed by atoms with Crippen molar-refractivity contribution < 1.29 is 39.5 Å². The van der Waals surface area contributed by atoms with Gasteiger partial charge in [0.15, 0.2) is 0 Å². The van der Waals surface area contributed by atoms with Crippen molar-refractivity contribution in [2.75, 3.05) is 13.2 Å². The van der Waals surface area contributed by atoms with Gasteiger partial charge in [0.2, 0.25) is 0 Å². The van der Waals surface area contributed by atoms with Crippen LogP contribution >= 0.6 is 0 Å². The van der Waals surface area contributed by atoms with Crippen LogP contribution in [0, 0.1) is 50.2 Å². The maximum Gasteiger partial charge on any atom is 0.330 e. The molecule has 56 heavy (non-hydrogen) atoms. The maximum absolute atomic E-state index is 13.2. The molecule has 2 aromatic carbocycles. The Balaban J connectivity index is 1.18. The third kappa shape index (κ3) is 6.43. The van der Waals surface area contributed by atoms with E-state index in [9.17, 15) is 30.0 Å². The Morgan fingerprint density at radius 2 is 1.27 bits per heavy atom. The Kier molecular flexibility index (Phi) is 10.6. The summed E-state index contributed by atoms with van der Waals surface area (Å²) in [5, 5.41) is 47.7. The van der Waals surface area contributed by atoms with Crippen LogP contribution in [0.4, 0.5) is 0 Å². The summed E-state index contributed by atoms with van der Waals surface area (Å²) in [4.78, 5) is 26.1. The summed E-state index contributed by atoms with van der Waals surface area (Å²) < 4.78 is 11.8. The molecule has 3 unspecified atom stereocenters. The van der Waals surface area contributed by atoms with Crippen LogP contribution in [0.15, 0.2) is 84.5 Å². The van der Waals surface area contributed by atoms with E-state index in [1.54, 1.807) is 12.2 Å². The van der Waals surface area contributed by atoms with Gasteiger partial charge in [0, 0.05) is 17.6 Å². The van der Waals surface area contributed by atoms with Crippen LogP contribution < -0.4 is 0 Å². The van der Waals surface area contributed by atoms with E-state index in [1.165, 1.54) is 17.7 Å². The van der Waals surface area contributed by atoms with E-state index >= 15 is 0 Å². The molecule has 7 rings (SSSR count). The zero-order valence-electron chi connectivity index (χ0n) is 34.0. The molecule has 4 fully saturated rings. The Morgan fingerprint density at radius 3 is 1.86 bits per heavy atom. The van der Waals surface area contributed by atoms with Crippen LogP contribution in [0.1, 0.15) is 97.6 Å². The second-order valence-electron chi connectivity index (χ2n) is 19.5. The number of allylic oxidation sites excluding steroid dienone is 2. The summed E-state index contributed by atoms with van der Waals surface area (Å²) in [7, 11) is 0. The minimum absolute atomic E-state index is 0.0998. The van der Waals surface area contributed by atoms with Gasteiger partial charge in [-0.3, -0.25) is 0 Å². The summed E-state index contributed by atoms with van der Waals surface area (Å²) in [6.45, 7) is 13.0. The van der Waals surface area contributed by atoms with Crippen LogP contribution in [0.25, 0.3) is 12.2 Å². The molecular formula is C48H62O8. The van der Waals surface area contributed by atoms with Crippen molar-refractivity contribution >= 4 is 24.1 Å². The topological polar surface area (TPSA) is 134 Å². The first kappa shape index (κ1) is 40.6. The second-order valence-corrected chi connectivity index (χ2v) is 19.5. The SMILES string of the molecule is CC1(C)CC2C3=CCC4[C@@]5(C)CC[C@H](O)[C@](C)(COC(=O)/C=C/c6ccccc6)C5CC[C@@]4(C)[C@]3(C)C[C@@H](O)[C@@]2(COC(=O)/C=C/c2ccccc2)[C@@H](O)[C@@H]1O. The number of rotatable bonds is 8. The molecule has 0 spiro atoms. The monoisotopic (exact) mass is 766 g/mol. The van der Waals surface area contributed by atoms with Gasteiger partial charge < -0.3 is 29.9 Å². The fourth-order valence-corrected chi connectivity index (χ4v) is 12.9. The number of aliphatic hydroxyl groups is 4. The van der Waals surface area contributed by atoms with E-state index in [1.807, 2.05) is 74.5 Å². The highest BCUT2D eigenvalue weighted by Gasteiger charge is 2.72. The fourth-order valence-electron chi connectivity index (χ4n) is 12.9. The minimum atomic E-state index is -1.31. The van der Waals surface area contributed by atoms with Gasteiger partial charge in [-0.05, 0) is 108 Å². The molecule has 4 saturated carbocycles. The average Bonchev–Trinajstić information content (AvgIpc) is 3.17. The summed E-state index contributed by atoms with van der Waals surface area (Å²) >= 11 is 0. The average molecular weight is 767 g/mol. The fraction of sp³-hybridized carbons (Fsp3) is 0.583. The van der Waals surface area contributed by atoms with Crippen molar-refractivity contribution in [1.82, 2.24) is 0 Å². The van der Waals surface area contributed by atoms with Crippen molar-refractivity contribution in [1.29, 1.82) is 0 Å². The highest BCUT2D eigenvalue weighted by molar-refractivity contribution is 5.87. The minimum Gasteiger partial charge on any atom is -0.462 e. The van der Waals surface area contributed by atoms with Crippen LogP contribution in [0.3, 0.4) is 0 Å². The van der Waals surface area contributed by atoms with Gasteiger partial charge in [-0.25, -0.2) is 9.59 Å². The van der Waals surface area contributed by atoms with E-state index in [-0.39, 0.29) is 41.8 Å². The lowest BCUT2D eigenvalue weighted by Crippen LogP contribution is -2.72. The molecule has 302 valence electrons. The number of hydrogen-bond acceptors (Lipinski definition) is 8. The van der Waals surface area contributed by atoms with Crippen molar-refractivity contribution in [3.05, 3.63) is 95.6 Å². The molecule has 0 bridgehead atoms. The molecule has 8 heteroatoms. The first-order chi connectivity index (χ1) is 26.4. The van der Waals surface area contributed by atoms with E-state index in [4.69, 9.17) is 9.47 Å². The number of benzene rings is 2. The summed E-state index contributed by atoms with van der Waals surface area (Å²) in [5.74, 6) is -1.00. The lowest BCUT2D eigenvalue weighted by atomic mass is 9.33. The van der Waals surface area contributed by atoms with E-state index < -0.39 is 58.0 Å². The molecule has 2 aromatic rings. The molecule has 0 saturated heterocycles. The first-order valence-electron chi connectivity index (χ1n) is 20.6. The van der Waals surface area contributed by atoms with Crippen molar-refractivity contribution in [2.45, 2.75) is 111 Å². The molecule has 4 N–H and O–H groups in total. The Labute approximate surface area is 332 Å². The predicted molar refractivity (Wildman–Crippen MR) is 216 cm³/mol. The number of ether oxygens (including phenoxy) is 2. The molecular weight excluding hydrogens is 705 g/mol. The Bertz CT molecular complexity index is 1870. The number of hydrogen-bond donors (Lipinski definition) is 4. The molecule has 0 aromatic heterocycles. The van der Waals surface area contributed by atoms with E-state index in [2.05, 4.69) is 33.8 Å². The maximum atomic E-state index is 13.2. The standard InChI is InChI=1S/C48H62O8/c1-43(2)27-34-33-19-20-36-44(3)25-24-37(49)45(4,29-55-39(51)21-17-31-13-9-7-10-14-31)35(44)23-26-46(36,5)47(33,6)28-38(50)48(34,42(54)41(43)53)30-56-40(52)22-18-32-15-11-8-12-16-32/h7-19,21-22,34-38,41-42,49-50,53-54H,20,23-30H2,1-6H3/b21-17+,22-18+/t34?,35?,36?,37-,38+,41-,42-,44-,45+,46+,47+,48-/m0/s1. The molecule has 0 heterocycles. The molecule has 5 aliphatic rings. The second kappa shape index (κ2) is 14.7. The molecule has 0 aliphatic heterocycles. The number of fused-ring (bicyclic) bond motifs is 7. The van der Waals surface area contributed by atoms with Gasteiger partial charge in [-0.2, -0.15) is 0 Å². The van der Waals surface area contributed by atoms with Gasteiger partial charge >= 0.3 is 11.9 Å². The van der Waals surface area contributed by atoms with Crippen LogP contribution in [0.5, 0.6) is 0 Å². The Hall–Kier alpha value is -3.56. The van der Waals surface area contributed by atoms with Gasteiger partial charge in [0.05, 0.1) is 36.4 Å². The zero-order valence-corrected chi connectivity index (χ0v) is 34.0. The molecule has 8 nitrogen and oxygen atoms in total. The predicted octanol–water partition coefficient (Wildman–Crippen LogP) is 7.55. The molecule has 5 aliphatic carbocycles. The number of carbonyl (C=O) groups is 2. The number of aliphatic hydroxyl groups excluding tert-OH is 4. The van der Waals surface area contributed by atoms with Gasteiger partial charge in [0.25, 0.3) is 0 Å². The van der Waals surface area contributed by atoms with Crippen molar-refractivity contribution in [3.8, 4) is 0 Å². The van der Waals surface area contributed by atoms with Crippen LogP contribution in [-0.4, -0.2) is 70.0 Å². The summed E-state index contributed by atoms with van der Waals surface area (Å²) in [6, 6.07) is 19.1.